The molecule has 4 rings (SSSR count). The molecule has 0 aliphatic heterocycles. The molecule has 29 heavy (non-hydrogen) atoms. The molecular weight excluding hydrogens is 432 g/mol. The van der Waals surface area contributed by atoms with Crippen molar-refractivity contribution in [3.05, 3.63) is 69.8 Å². The van der Waals surface area contributed by atoms with Gasteiger partial charge in [-0.1, -0.05) is 35.6 Å². The van der Waals surface area contributed by atoms with Gasteiger partial charge in [-0.3, -0.25) is 0 Å². The molecule has 146 valence electrons. The van der Waals surface area contributed by atoms with E-state index < -0.39 is 10.0 Å². The van der Waals surface area contributed by atoms with Crippen LogP contribution in [0, 0.1) is 11.8 Å². The highest BCUT2D eigenvalue weighted by Gasteiger charge is 2.12. The van der Waals surface area contributed by atoms with Crippen LogP contribution in [-0.4, -0.2) is 28.1 Å². The number of benzene rings is 1. The van der Waals surface area contributed by atoms with Crippen LogP contribution in [0.5, 0.6) is 0 Å². The lowest BCUT2D eigenvalue weighted by Crippen LogP contribution is -2.09. The summed E-state index contributed by atoms with van der Waals surface area (Å²) in [4.78, 5) is 5.18. The van der Waals surface area contributed by atoms with Crippen LogP contribution in [0.1, 0.15) is 16.1 Å². The SMILES string of the molecule is NS(=O)(=O)c1ccc(C#Cc2cnn3c(CO)cc(-c4ccc(Cl)cc4)nc23)s1. The van der Waals surface area contributed by atoms with Gasteiger partial charge in [0.1, 0.15) is 4.21 Å². The van der Waals surface area contributed by atoms with Crippen LogP contribution >= 0.6 is 22.9 Å². The van der Waals surface area contributed by atoms with Crippen molar-refractivity contribution in [3.8, 4) is 23.1 Å². The minimum absolute atomic E-state index is 0.0485. The molecule has 1 aromatic carbocycles. The van der Waals surface area contributed by atoms with Gasteiger partial charge in [-0.15, -0.1) is 11.3 Å². The Hall–Kier alpha value is -2.74. The molecular formula is C19H13ClN4O3S2. The quantitative estimate of drug-likeness (QED) is 0.472. The molecule has 4 aromatic rings. The number of aromatic nitrogens is 3. The first-order valence-corrected chi connectivity index (χ1v) is 11.0. The molecule has 3 heterocycles. The summed E-state index contributed by atoms with van der Waals surface area (Å²) in [5, 5.41) is 19.7. The molecule has 7 nitrogen and oxygen atoms in total. The number of hydrogen-bond acceptors (Lipinski definition) is 6. The Kier molecular flexibility index (Phi) is 5.12. The first kappa shape index (κ1) is 19.6. The summed E-state index contributed by atoms with van der Waals surface area (Å²) in [5.74, 6) is 5.88. The van der Waals surface area contributed by atoms with E-state index in [0.717, 1.165) is 16.9 Å². The van der Waals surface area contributed by atoms with Crippen LogP contribution in [-0.2, 0) is 16.6 Å². The second-order valence-electron chi connectivity index (χ2n) is 6.01. The van der Waals surface area contributed by atoms with Crippen molar-refractivity contribution in [2.24, 2.45) is 5.14 Å². The van der Waals surface area contributed by atoms with E-state index in [1.54, 1.807) is 30.5 Å². The number of aliphatic hydroxyl groups is 1. The summed E-state index contributed by atoms with van der Waals surface area (Å²) in [5.41, 5.74) is 3.07. The van der Waals surface area contributed by atoms with Gasteiger partial charge in [-0.05, 0) is 30.3 Å². The summed E-state index contributed by atoms with van der Waals surface area (Å²) < 4.78 is 24.4. The van der Waals surface area contributed by atoms with Gasteiger partial charge in [-0.2, -0.15) is 5.10 Å². The maximum Gasteiger partial charge on any atom is 0.247 e. The third-order valence-electron chi connectivity index (χ3n) is 4.03. The maximum atomic E-state index is 11.4. The van der Waals surface area contributed by atoms with Gasteiger partial charge < -0.3 is 5.11 Å². The predicted molar refractivity (Wildman–Crippen MR) is 111 cm³/mol. The Morgan fingerprint density at radius 2 is 1.93 bits per heavy atom. The van der Waals surface area contributed by atoms with Gasteiger partial charge in [0.15, 0.2) is 5.65 Å². The van der Waals surface area contributed by atoms with Crippen molar-refractivity contribution in [3.63, 3.8) is 0 Å². The summed E-state index contributed by atoms with van der Waals surface area (Å²) in [7, 11) is -3.75. The fourth-order valence-corrected chi connectivity index (χ4v) is 4.37. The molecule has 0 bridgehead atoms. The molecule has 0 aliphatic carbocycles. The molecule has 3 N–H and O–H groups in total. The van der Waals surface area contributed by atoms with Crippen LogP contribution in [0.4, 0.5) is 0 Å². The highest BCUT2D eigenvalue weighted by atomic mass is 35.5. The number of nitrogens with two attached hydrogens (primary N) is 1. The van der Waals surface area contributed by atoms with Gasteiger partial charge >= 0.3 is 0 Å². The summed E-state index contributed by atoms with van der Waals surface area (Å²) in [6, 6.07) is 12.0. The van der Waals surface area contributed by atoms with Crippen LogP contribution in [0.25, 0.3) is 16.9 Å². The fraction of sp³-hybridized carbons (Fsp3) is 0.0526. The molecule has 0 saturated heterocycles. The third-order valence-corrected chi connectivity index (χ3v) is 6.72. The van der Waals surface area contributed by atoms with Crippen LogP contribution < -0.4 is 5.14 Å². The number of hydrogen-bond donors (Lipinski definition) is 2. The molecule has 0 atom stereocenters. The minimum Gasteiger partial charge on any atom is -0.390 e. The standard InChI is InChI=1S/C19H13ClN4O3S2/c20-14-4-1-12(2-5-14)17-9-15(11-25)24-19(23-17)13(10-22-24)3-6-16-7-8-18(28-16)29(21,26)27/h1-2,4-5,7-10,25H,11H2,(H2,21,26,27). The van der Waals surface area contributed by atoms with E-state index in [1.165, 1.54) is 10.6 Å². The fourth-order valence-electron chi connectivity index (χ4n) is 2.66. The number of fused-ring (bicyclic) bond motifs is 1. The van der Waals surface area contributed by atoms with E-state index in [9.17, 15) is 13.5 Å². The Morgan fingerprint density at radius 1 is 1.17 bits per heavy atom. The highest BCUT2D eigenvalue weighted by Crippen LogP contribution is 2.23. The van der Waals surface area contributed by atoms with Crippen molar-refractivity contribution in [1.82, 2.24) is 14.6 Å². The number of aliphatic hydroxyl groups excluding tert-OH is 1. The van der Waals surface area contributed by atoms with E-state index in [0.29, 0.717) is 32.5 Å². The molecule has 0 fully saturated rings. The lowest BCUT2D eigenvalue weighted by molar-refractivity contribution is 0.273. The van der Waals surface area contributed by atoms with E-state index in [4.69, 9.17) is 16.7 Å². The smallest absolute Gasteiger partial charge is 0.247 e. The molecule has 0 aliphatic rings. The monoisotopic (exact) mass is 444 g/mol. The Morgan fingerprint density at radius 3 is 2.59 bits per heavy atom. The predicted octanol–water partition coefficient (Wildman–Crippen LogP) is 2.65. The van der Waals surface area contributed by atoms with Crippen LogP contribution in [0.3, 0.4) is 0 Å². The number of primary sulfonamides is 1. The first-order valence-electron chi connectivity index (χ1n) is 8.24. The average Bonchev–Trinajstić information content (AvgIpc) is 3.33. The average molecular weight is 445 g/mol. The minimum atomic E-state index is -3.75. The Labute approximate surface area is 175 Å². The third kappa shape index (κ3) is 4.03. The maximum absolute atomic E-state index is 11.4. The van der Waals surface area contributed by atoms with Crippen molar-refractivity contribution in [2.75, 3.05) is 0 Å². The summed E-state index contributed by atoms with van der Waals surface area (Å²) in [6.07, 6.45) is 1.55. The summed E-state index contributed by atoms with van der Waals surface area (Å²) >= 11 is 6.94. The van der Waals surface area contributed by atoms with Crippen LogP contribution in [0.2, 0.25) is 5.02 Å². The molecule has 0 radical (unpaired) electrons. The molecule has 0 unspecified atom stereocenters. The topological polar surface area (TPSA) is 111 Å². The van der Waals surface area contributed by atoms with Gasteiger partial charge in [0.2, 0.25) is 10.0 Å². The second-order valence-corrected chi connectivity index (χ2v) is 9.31. The number of sulfonamides is 1. The molecule has 0 saturated carbocycles. The Bertz CT molecular complexity index is 1380. The molecule has 3 aromatic heterocycles. The highest BCUT2D eigenvalue weighted by molar-refractivity contribution is 7.91. The molecule has 0 amide bonds. The largest absolute Gasteiger partial charge is 0.390 e. The zero-order valence-electron chi connectivity index (χ0n) is 14.7. The lowest BCUT2D eigenvalue weighted by Gasteiger charge is -2.06. The van der Waals surface area contributed by atoms with Crippen molar-refractivity contribution < 1.29 is 13.5 Å². The van der Waals surface area contributed by atoms with Gasteiger partial charge in [-0.25, -0.2) is 23.1 Å². The number of nitrogens with zero attached hydrogens (tertiary/aromatic N) is 3. The van der Waals surface area contributed by atoms with Gasteiger partial charge in [0.25, 0.3) is 0 Å². The van der Waals surface area contributed by atoms with Gasteiger partial charge in [0, 0.05) is 10.6 Å². The second kappa shape index (κ2) is 7.59. The number of rotatable bonds is 3. The van der Waals surface area contributed by atoms with Crippen LogP contribution in [0.15, 0.2) is 52.9 Å². The van der Waals surface area contributed by atoms with Crippen molar-refractivity contribution >= 4 is 38.6 Å². The lowest BCUT2D eigenvalue weighted by atomic mass is 10.1. The first-order chi connectivity index (χ1) is 13.8. The number of thiophene rings is 1. The Balaban J connectivity index is 1.79. The van der Waals surface area contributed by atoms with E-state index in [2.05, 4.69) is 21.9 Å². The summed E-state index contributed by atoms with van der Waals surface area (Å²) in [6.45, 7) is -0.225. The number of halogens is 1. The van der Waals surface area contributed by atoms with Crippen molar-refractivity contribution in [1.29, 1.82) is 0 Å². The van der Waals surface area contributed by atoms with E-state index >= 15 is 0 Å². The zero-order valence-corrected chi connectivity index (χ0v) is 17.1. The molecule has 10 heteroatoms. The zero-order chi connectivity index (χ0) is 20.6. The normalized spacial score (nSPS) is 11.4. The van der Waals surface area contributed by atoms with Crippen molar-refractivity contribution in [2.45, 2.75) is 10.8 Å². The molecule has 0 spiro atoms. The van der Waals surface area contributed by atoms with E-state index in [-0.39, 0.29) is 10.8 Å². The van der Waals surface area contributed by atoms with Gasteiger partial charge in [0.05, 0.1) is 34.6 Å². The van der Waals surface area contributed by atoms with E-state index in [1.807, 2.05) is 12.1 Å².